The van der Waals surface area contributed by atoms with Gasteiger partial charge in [-0.05, 0) is 57.8 Å². The highest BCUT2D eigenvalue weighted by atomic mass is 16.7. The van der Waals surface area contributed by atoms with Crippen LogP contribution in [-0.4, -0.2) is 89.2 Å². The molecular formula is C67H118O12. The van der Waals surface area contributed by atoms with Crippen molar-refractivity contribution in [1.29, 1.82) is 0 Å². The first-order chi connectivity index (χ1) is 38.6. The normalized spacial score (nSPS) is 18.1. The third-order valence-electron chi connectivity index (χ3n) is 14.9. The molecule has 0 aromatic carbocycles. The van der Waals surface area contributed by atoms with Gasteiger partial charge in [0, 0.05) is 19.3 Å². The zero-order valence-electron chi connectivity index (χ0n) is 50.6. The van der Waals surface area contributed by atoms with E-state index >= 15 is 0 Å². The Morgan fingerprint density at radius 3 is 1.22 bits per heavy atom. The average Bonchev–Trinajstić information content (AvgIpc) is 3.47. The van der Waals surface area contributed by atoms with Gasteiger partial charge < -0.3 is 39.0 Å². The molecule has 0 bridgehead atoms. The summed E-state index contributed by atoms with van der Waals surface area (Å²) >= 11 is 0. The van der Waals surface area contributed by atoms with Crippen LogP contribution in [0.4, 0.5) is 0 Å². The number of unbranched alkanes of at least 4 members (excludes halogenated alkanes) is 34. The summed E-state index contributed by atoms with van der Waals surface area (Å²) in [5, 5.41) is 31.6. The predicted octanol–water partition coefficient (Wildman–Crippen LogP) is 17.3. The van der Waals surface area contributed by atoms with Gasteiger partial charge in [-0.2, -0.15) is 0 Å². The van der Waals surface area contributed by atoms with Crippen LogP contribution in [0, 0.1) is 0 Å². The monoisotopic (exact) mass is 1110 g/mol. The number of ether oxygens (including phenoxy) is 5. The lowest BCUT2D eigenvalue weighted by atomic mass is 9.98. The fourth-order valence-corrected chi connectivity index (χ4v) is 9.95. The van der Waals surface area contributed by atoms with Gasteiger partial charge in [-0.25, -0.2) is 4.79 Å². The first-order valence-corrected chi connectivity index (χ1v) is 32.6. The van der Waals surface area contributed by atoms with E-state index in [4.69, 9.17) is 23.7 Å². The molecule has 0 aliphatic carbocycles. The van der Waals surface area contributed by atoms with Crippen molar-refractivity contribution in [2.75, 3.05) is 13.2 Å². The Morgan fingerprint density at radius 2 is 0.797 bits per heavy atom. The number of hydrogen-bond donors (Lipinski definition) is 3. The molecule has 0 aromatic heterocycles. The summed E-state index contributed by atoms with van der Waals surface area (Å²) in [6.07, 6.45) is 55.0. The Kier molecular flexibility index (Phi) is 51.5. The summed E-state index contributed by atoms with van der Waals surface area (Å²) < 4.78 is 28.5. The number of hydrogen-bond acceptors (Lipinski definition) is 11. The summed E-state index contributed by atoms with van der Waals surface area (Å²) in [4.78, 5) is 51.3. The van der Waals surface area contributed by atoms with Gasteiger partial charge in [0.25, 0.3) is 0 Å². The van der Waals surface area contributed by atoms with Gasteiger partial charge in [-0.3, -0.25) is 14.4 Å². The first-order valence-electron chi connectivity index (χ1n) is 32.6. The molecule has 0 spiro atoms. The number of esters is 3. The molecule has 0 radical (unpaired) electrons. The molecule has 1 aliphatic heterocycles. The largest absolute Gasteiger partial charge is 0.479 e. The lowest BCUT2D eigenvalue weighted by molar-refractivity contribution is -0.301. The fraction of sp³-hybridized carbons (Fsp3) is 0.821. The fourth-order valence-electron chi connectivity index (χ4n) is 9.95. The van der Waals surface area contributed by atoms with Gasteiger partial charge in [0.05, 0.1) is 6.61 Å². The summed E-state index contributed by atoms with van der Waals surface area (Å²) in [5.41, 5.74) is 0. The number of carbonyl (C=O) groups is 4. The van der Waals surface area contributed by atoms with Crippen LogP contribution in [-0.2, 0) is 42.9 Å². The van der Waals surface area contributed by atoms with Crippen LogP contribution in [0.2, 0.25) is 0 Å². The Balaban J connectivity index is 2.64. The molecule has 458 valence electrons. The first kappa shape index (κ1) is 73.7. The third-order valence-corrected chi connectivity index (χ3v) is 14.9. The molecule has 12 heteroatoms. The second-order valence-corrected chi connectivity index (χ2v) is 22.4. The van der Waals surface area contributed by atoms with Gasteiger partial charge in [0.2, 0.25) is 0 Å². The Bertz CT molecular complexity index is 1560. The molecule has 79 heavy (non-hydrogen) atoms. The lowest BCUT2D eigenvalue weighted by Crippen LogP contribution is -2.61. The van der Waals surface area contributed by atoms with Gasteiger partial charge in [0.1, 0.15) is 18.8 Å². The van der Waals surface area contributed by atoms with Crippen molar-refractivity contribution in [3.63, 3.8) is 0 Å². The van der Waals surface area contributed by atoms with Crippen LogP contribution in [0.1, 0.15) is 303 Å². The van der Waals surface area contributed by atoms with E-state index in [1.54, 1.807) is 0 Å². The molecule has 6 atom stereocenters. The number of allylic oxidation sites excluding steroid dienone is 8. The number of carboxylic acid groups (broad SMARTS) is 1. The lowest BCUT2D eigenvalue weighted by Gasteiger charge is -2.40. The maximum absolute atomic E-state index is 13.2. The quantitative estimate of drug-likeness (QED) is 0.0228. The summed E-state index contributed by atoms with van der Waals surface area (Å²) in [5.74, 6) is -3.12. The van der Waals surface area contributed by atoms with Gasteiger partial charge >= 0.3 is 23.9 Å². The zero-order chi connectivity index (χ0) is 57.5. The number of rotatable bonds is 56. The minimum Gasteiger partial charge on any atom is -0.479 e. The highest BCUT2D eigenvalue weighted by Gasteiger charge is 2.50. The van der Waals surface area contributed by atoms with E-state index in [1.165, 1.54) is 154 Å². The Labute approximate surface area is 482 Å². The second-order valence-electron chi connectivity index (χ2n) is 22.4. The highest BCUT2D eigenvalue weighted by molar-refractivity contribution is 5.74. The average molecular weight is 1120 g/mol. The summed E-state index contributed by atoms with van der Waals surface area (Å²) in [7, 11) is 0. The SMILES string of the molecule is CC/C=C\C/C=C\C/C=C\C/C=C\CCCCCCC(=O)OCC(COC1OC(C(=O)O)C(O)C(O)C1OC(=O)CCCCCCCCCCCCCCCCCCCCC)OC(=O)CCCCCCCCCCCCCCC. The van der Waals surface area contributed by atoms with Crippen molar-refractivity contribution >= 4 is 23.9 Å². The molecule has 6 unspecified atom stereocenters. The van der Waals surface area contributed by atoms with Crippen molar-refractivity contribution in [2.24, 2.45) is 0 Å². The molecule has 1 saturated heterocycles. The number of aliphatic carboxylic acids is 1. The van der Waals surface area contributed by atoms with Crippen LogP contribution in [0.3, 0.4) is 0 Å². The smallest absolute Gasteiger partial charge is 0.335 e. The van der Waals surface area contributed by atoms with Crippen molar-refractivity contribution < 1.29 is 58.2 Å². The minimum atomic E-state index is -1.90. The topological polar surface area (TPSA) is 175 Å². The number of aliphatic hydroxyl groups is 2. The van der Waals surface area contributed by atoms with Crippen LogP contribution in [0.5, 0.6) is 0 Å². The predicted molar refractivity (Wildman–Crippen MR) is 322 cm³/mol. The molecular weight excluding hydrogens is 997 g/mol. The molecule has 0 saturated carbocycles. The van der Waals surface area contributed by atoms with Crippen molar-refractivity contribution in [3.8, 4) is 0 Å². The van der Waals surface area contributed by atoms with Crippen LogP contribution >= 0.6 is 0 Å². The standard InChI is InChI=1S/C67H118O12/c1-4-7-10-13-16-19-22-25-27-29-30-32-34-37-40-43-46-49-52-55-61(70)78-65-63(72)62(71)64(66(73)74)79-67(65)76-57-58(77-60(69)54-51-48-45-42-39-35-24-21-18-15-12-9-6-3)56-75-59(68)53-50-47-44-41-38-36-33-31-28-26-23-20-17-14-11-8-5-2/h8,11,17,20,26,28,33,36,58,62-65,67,71-72H,4-7,9-10,12-16,18-19,21-25,27,29-32,34-35,37-57H2,1-3H3,(H,73,74)/b11-8-,20-17-,28-26-,36-33-. The summed E-state index contributed by atoms with van der Waals surface area (Å²) in [6.45, 7) is 5.90. The van der Waals surface area contributed by atoms with E-state index in [1.807, 2.05) is 0 Å². The van der Waals surface area contributed by atoms with Crippen LogP contribution < -0.4 is 0 Å². The van der Waals surface area contributed by atoms with E-state index in [-0.39, 0.29) is 25.9 Å². The van der Waals surface area contributed by atoms with Crippen LogP contribution in [0.15, 0.2) is 48.6 Å². The molecule has 1 heterocycles. The number of carbonyl (C=O) groups excluding carboxylic acids is 3. The van der Waals surface area contributed by atoms with Gasteiger partial charge in [-0.15, -0.1) is 0 Å². The number of carboxylic acids is 1. The molecule has 1 rings (SSSR count). The Hall–Kier alpha value is -3.32. The third kappa shape index (κ3) is 45.0. The molecule has 12 nitrogen and oxygen atoms in total. The minimum absolute atomic E-state index is 0.0634. The van der Waals surface area contributed by atoms with Gasteiger partial charge in [0.15, 0.2) is 24.6 Å². The Morgan fingerprint density at radius 1 is 0.430 bits per heavy atom. The molecule has 1 aliphatic rings. The number of aliphatic hydroxyl groups excluding tert-OH is 2. The van der Waals surface area contributed by atoms with Crippen molar-refractivity contribution in [3.05, 3.63) is 48.6 Å². The van der Waals surface area contributed by atoms with Crippen molar-refractivity contribution in [2.45, 2.75) is 340 Å². The van der Waals surface area contributed by atoms with Crippen molar-refractivity contribution in [1.82, 2.24) is 0 Å². The maximum Gasteiger partial charge on any atom is 0.335 e. The van der Waals surface area contributed by atoms with Crippen LogP contribution in [0.25, 0.3) is 0 Å². The van der Waals surface area contributed by atoms with E-state index in [0.717, 1.165) is 89.9 Å². The second kappa shape index (κ2) is 55.2. The van der Waals surface area contributed by atoms with E-state index in [2.05, 4.69) is 69.4 Å². The van der Waals surface area contributed by atoms with E-state index in [9.17, 15) is 34.5 Å². The van der Waals surface area contributed by atoms with E-state index in [0.29, 0.717) is 19.3 Å². The molecule has 0 amide bonds. The zero-order valence-corrected chi connectivity index (χ0v) is 50.6. The molecule has 0 aromatic rings. The molecule has 3 N–H and O–H groups in total. The van der Waals surface area contributed by atoms with Gasteiger partial charge in [-0.1, -0.05) is 275 Å². The maximum atomic E-state index is 13.2. The van der Waals surface area contributed by atoms with E-state index < -0.39 is 67.3 Å². The summed E-state index contributed by atoms with van der Waals surface area (Å²) in [6, 6.07) is 0. The highest BCUT2D eigenvalue weighted by Crippen LogP contribution is 2.27. The molecule has 1 fully saturated rings.